The van der Waals surface area contributed by atoms with Gasteiger partial charge in [-0.2, -0.15) is 0 Å². The van der Waals surface area contributed by atoms with Crippen LogP contribution in [0.2, 0.25) is 0 Å². The van der Waals surface area contributed by atoms with Crippen LogP contribution in [0, 0.1) is 13.8 Å². The van der Waals surface area contributed by atoms with Gasteiger partial charge in [-0.1, -0.05) is 44.2 Å². The molecule has 0 amide bonds. The first-order chi connectivity index (χ1) is 13.5. The molecule has 1 aromatic carbocycles. The monoisotopic (exact) mass is 390 g/mol. The molecule has 1 aliphatic heterocycles. The van der Waals surface area contributed by atoms with Gasteiger partial charge >= 0.3 is 0 Å². The van der Waals surface area contributed by atoms with Crippen molar-refractivity contribution >= 4 is 23.2 Å². The predicted molar refractivity (Wildman–Crippen MR) is 119 cm³/mol. The van der Waals surface area contributed by atoms with E-state index in [1.54, 1.807) is 11.3 Å². The van der Waals surface area contributed by atoms with Gasteiger partial charge in [0, 0.05) is 28.7 Å². The topological polar surface area (TPSA) is 33.2 Å². The first-order valence-electron chi connectivity index (χ1n) is 9.53. The Morgan fingerprint density at radius 2 is 2.04 bits per heavy atom. The lowest BCUT2D eigenvalue weighted by Crippen LogP contribution is -2.17. The van der Waals surface area contributed by atoms with Crippen molar-refractivity contribution in [2.75, 3.05) is 0 Å². The fourth-order valence-corrected chi connectivity index (χ4v) is 4.56. The van der Waals surface area contributed by atoms with E-state index >= 15 is 0 Å². The third-order valence-electron chi connectivity index (χ3n) is 4.89. The zero-order valence-corrected chi connectivity index (χ0v) is 17.8. The van der Waals surface area contributed by atoms with Crippen LogP contribution in [0.4, 0.5) is 0 Å². The van der Waals surface area contributed by atoms with Crippen LogP contribution in [0.3, 0.4) is 0 Å². The van der Waals surface area contributed by atoms with Crippen molar-refractivity contribution in [1.82, 2.24) is 9.88 Å². The van der Waals surface area contributed by atoms with Crippen LogP contribution in [0.15, 0.2) is 66.2 Å². The summed E-state index contributed by atoms with van der Waals surface area (Å²) in [7, 11) is 0. The molecular weight excluding hydrogens is 364 g/mol. The molecule has 0 saturated heterocycles. The number of hydrogen-bond donors (Lipinski definition) is 0. The summed E-state index contributed by atoms with van der Waals surface area (Å²) in [4.78, 5) is 19.0. The van der Waals surface area contributed by atoms with Crippen LogP contribution >= 0.6 is 11.3 Å². The molecule has 0 unspecified atom stereocenters. The summed E-state index contributed by atoms with van der Waals surface area (Å²) in [6.07, 6.45) is 8.44. The van der Waals surface area contributed by atoms with E-state index in [2.05, 4.69) is 68.4 Å². The maximum absolute atomic E-state index is 11.1. The van der Waals surface area contributed by atoms with Crippen LogP contribution < -0.4 is 0 Å². The van der Waals surface area contributed by atoms with Gasteiger partial charge in [0.05, 0.1) is 15.6 Å². The van der Waals surface area contributed by atoms with E-state index in [0.717, 1.165) is 41.2 Å². The third kappa shape index (κ3) is 3.92. The smallest absolute Gasteiger partial charge is 0.150 e. The van der Waals surface area contributed by atoms with Crippen molar-refractivity contribution in [3.63, 3.8) is 0 Å². The number of benzene rings is 1. The lowest BCUT2D eigenvalue weighted by Gasteiger charge is -2.28. The van der Waals surface area contributed by atoms with Crippen molar-refractivity contribution in [3.8, 4) is 10.4 Å². The van der Waals surface area contributed by atoms with Gasteiger partial charge in [0.15, 0.2) is 0 Å². The Morgan fingerprint density at radius 1 is 1.29 bits per heavy atom. The second-order valence-electron chi connectivity index (χ2n) is 6.95. The predicted octanol–water partition coefficient (Wildman–Crippen LogP) is 6.43. The molecule has 4 heteroatoms. The number of thiazole rings is 1. The summed E-state index contributed by atoms with van der Waals surface area (Å²) in [5, 5.41) is 1.08. The number of aromatic nitrogens is 1. The fourth-order valence-electron chi connectivity index (χ4n) is 3.60. The number of rotatable bonds is 6. The van der Waals surface area contributed by atoms with Crippen LogP contribution in [0.5, 0.6) is 0 Å². The van der Waals surface area contributed by atoms with Gasteiger partial charge in [-0.3, -0.25) is 4.79 Å². The molecule has 0 bridgehead atoms. The summed E-state index contributed by atoms with van der Waals surface area (Å²) in [5.74, 6) is 0. The minimum absolute atomic E-state index is 0.641. The highest BCUT2D eigenvalue weighted by molar-refractivity contribution is 7.15. The highest BCUT2D eigenvalue weighted by Crippen LogP contribution is 2.38. The zero-order chi connectivity index (χ0) is 20.3. The third-order valence-corrected chi connectivity index (χ3v) is 6.00. The van der Waals surface area contributed by atoms with Gasteiger partial charge in [0.1, 0.15) is 6.29 Å². The summed E-state index contributed by atoms with van der Waals surface area (Å²) >= 11 is 1.74. The van der Waals surface area contributed by atoms with Crippen molar-refractivity contribution in [2.24, 2.45) is 0 Å². The molecule has 2 aromatic rings. The first-order valence-corrected chi connectivity index (χ1v) is 10.3. The van der Waals surface area contributed by atoms with Crippen molar-refractivity contribution in [1.29, 1.82) is 0 Å². The number of aldehydes is 1. The van der Waals surface area contributed by atoms with Crippen LogP contribution in [-0.2, 0) is 4.79 Å². The van der Waals surface area contributed by atoms with Gasteiger partial charge in [-0.05, 0) is 50.5 Å². The molecule has 0 N–H and O–H groups in total. The lowest BCUT2D eigenvalue weighted by atomic mass is 9.93. The van der Waals surface area contributed by atoms with E-state index in [9.17, 15) is 4.79 Å². The van der Waals surface area contributed by atoms with Gasteiger partial charge in [0.2, 0.25) is 0 Å². The Labute approximate surface area is 171 Å². The quantitative estimate of drug-likeness (QED) is 0.533. The largest absolute Gasteiger partial charge is 0.321 e. The van der Waals surface area contributed by atoms with E-state index in [0.29, 0.717) is 5.57 Å². The van der Waals surface area contributed by atoms with E-state index in [1.807, 2.05) is 18.4 Å². The zero-order valence-electron chi connectivity index (χ0n) is 17.0. The molecule has 0 fully saturated rings. The maximum atomic E-state index is 11.1. The summed E-state index contributed by atoms with van der Waals surface area (Å²) in [6.45, 7) is 12.6. The molecule has 3 nitrogen and oxygen atoms in total. The van der Waals surface area contributed by atoms with Gasteiger partial charge in [-0.25, -0.2) is 4.98 Å². The van der Waals surface area contributed by atoms with Crippen molar-refractivity contribution < 1.29 is 4.79 Å². The highest BCUT2D eigenvalue weighted by atomic mass is 32.1. The van der Waals surface area contributed by atoms with E-state index < -0.39 is 0 Å². The maximum Gasteiger partial charge on any atom is 0.150 e. The SMILES string of the molecule is C=C1C=C(C=O)C=CN1/C(C)=C(\CCC)c1ccccc1-c1sc(C)nc1C. The Morgan fingerprint density at radius 3 is 2.64 bits per heavy atom. The number of aryl methyl sites for hydroxylation is 2. The fraction of sp³-hybridized carbons (Fsp3) is 0.250. The summed E-state index contributed by atoms with van der Waals surface area (Å²) in [6, 6.07) is 8.56. The minimum atomic E-state index is 0.641. The molecule has 0 atom stereocenters. The molecule has 28 heavy (non-hydrogen) atoms. The molecule has 0 spiro atoms. The van der Waals surface area contributed by atoms with Gasteiger partial charge < -0.3 is 4.90 Å². The van der Waals surface area contributed by atoms with E-state index in [1.165, 1.54) is 21.6 Å². The molecule has 0 aliphatic carbocycles. The van der Waals surface area contributed by atoms with Crippen LogP contribution in [0.1, 0.15) is 43.0 Å². The number of nitrogens with zero attached hydrogens (tertiary/aromatic N) is 2. The average molecular weight is 391 g/mol. The van der Waals surface area contributed by atoms with Crippen LogP contribution in [-0.4, -0.2) is 16.2 Å². The molecular formula is C24H26N2OS. The molecule has 0 radical (unpaired) electrons. The number of carbonyl (C=O) groups excluding carboxylic acids is 1. The Kier molecular flexibility index (Phi) is 6.10. The first kappa shape index (κ1) is 20.0. The van der Waals surface area contributed by atoms with Crippen molar-refractivity contribution in [2.45, 2.75) is 40.5 Å². The normalized spacial score (nSPS) is 14.8. The highest BCUT2D eigenvalue weighted by Gasteiger charge is 2.19. The van der Waals surface area contributed by atoms with Gasteiger partial charge in [0.25, 0.3) is 0 Å². The minimum Gasteiger partial charge on any atom is -0.321 e. The summed E-state index contributed by atoms with van der Waals surface area (Å²) < 4.78 is 0. The molecule has 144 valence electrons. The van der Waals surface area contributed by atoms with Crippen molar-refractivity contribution in [3.05, 3.63) is 82.4 Å². The number of carbonyl (C=O) groups is 1. The Bertz CT molecular complexity index is 1010. The molecule has 0 saturated carbocycles. The lowest BCUT2D eigenvalue weighted by molar-refractivity contribution is -0.104. The van der Waals surface area contributed by atoms with E-state index in [4.69, 9.17) is 0 Å². The molecule has 3 rings (SSSR count). The van der Waals surface area contributed by atoms with Crippen LogP contribution in [0.25, 0.3) is 16.0 Å². The number of allylic oxidation sites excluding steroid dienone is 5. The molecule has 1 aromatic heterocycles. The van der Waals surface area contributed by atoms with E-state index in [-0.39, 0.29) is 0 Å². The standard InChI is InChI=1S/C24H26N2OS/c1-6-9-21(18(4)26-13-12-20(15-27)14-16(26)2)22-10-7-8-11-23(22)24-17(3)25-19(5)28-24/h7-8,10-15H,2,6,9H2,1,3-5H3/b21-18+. The molecule has 2 heterocycles. The second kappa shape index (κ2) is 8.53. The Hall–Kier alpha value is -2.72. The summed E-state index contributed by atoms with van der Waals surface area (Å²) in [5.41, 5.74) is 7.40. The number of hydrogen-bond acceptors (Lipinski definition) is 4. The Balaban J connectivity index is 2.14. The average Bonchev–Trinajstić information content (AvgIpc) is 3.03. The second-order valence-corrected chi connectivity index (χ2v) is 8.15. The molecule has 1 aliphatic rings. The van der Waals surface area contributed by atoms with Gasteiger partial charge in [-0.15, -0.1) is 11.3 Å².